The van der Waals surface area contributed by atoms with Crippen molar-refractivity contribution in [3.8, 4) is 11.3 Å². The largest absolute Gasteiger partial charge is 0.346 e. The number of hydrogen-bond acceptors (Lipinski definition) is 3. The van der Waals surface area contributed by atoms with E-state index in [0.29, 0.717) is 0 Å². The Hall–Kier alpha value is -2.20. The van der Waals surface area contributed by atoms with Crippen LogP contribution in [0.25, 0.3) is 22.3 Å². The molecular weight excluding hydrogens is 224 g/mol. The summed E-state index contributed by atoms with van der Waals surface area (Å²) in [5, 5.41) is 4.51. The molecule has 0 saturated carbocycles. The van der Waals surface area contributed by atoms with Crippen molar-refractivity contribution in [2.45, 2.75) is 13.1 Å². The highest BCUT2D eigenvalue weighted by molar-refractivity contribution is 5.92. The predicted molar refractivity (Wildman–Crippen MR) is 69.9 cm³/mol. The molecule has 4 nitrogen and oxygen atoms in total. The zero-order valence-electron chi connectivity index (χ0n) is 9.77. The third-order valence-corrected chi connectivity index (χ3v) is 3.49. The van der Waals surface area contributed by atoms with Crippen LogP contribution in [0.2, 0.25) is 0 Å². The summed E-state index contributed by atoms with van der Waals surface area (Å²) in [4.78, 5) is 12.0. The molecule has 2 N–H and O–H groups in total. The van der Waals surface area contributed by atoms with Crippen LogP contribution in [-0.4, -0.2) is 15.0 Å². The van der Waals surface area contributed by atoms with Gasteiger partial charge in [0.25, 0.3) is 0 Å². The van der Waals surface area contributed by atoms with Gasteiger partial charge in [-0.3, -0.25) is 4.98 Å². The van der Waals surface area contributed by atoms with Crippen LogP contribution >= 0.6 is 0 Å². The molecule has 0 aromatic carbocycles. The molecule has 4 heterocycles. The Morgan fingerprint density at radius 2 is 1.94 bits per heavy atom. The number of aromatic nitrogens is 3. The molecule has 3 aromatic rings. The maximum Gasteiger partial charge on any atom is 0.137 e. The van der Waals surface area contributed by atoms with E-state index < -0.39 is 0 Å². The van der Waals surface area contributed by atoms with Gasteiger partial charge in [0.2, 0.25) is 0 Å². The number of pyridine rings is 2. The first kappa shape index (κ1) is 9.79. The third-order valence-electron chi connectivity index (χ3n) is 3.49. The number of nitrogens with one attached hydrogen (secondary N) is 2. The summed E-state index contributed by atoms with van der Waals surface area (Å²) in [7, 11) is 0. The normalized spacial score (nSPS) is 14.0. The Morgan fingerprint density at radius 3 is 2.94 bits per heavy atom. The Balaban J connectivity index is 2.03. The maximum absolute atomic E-state index is 4.57. The van der Waals surface area contributed by atoms with Gasteiger partial charge in [0, 0.05) is 42.6 Å². The molecule has 88 valence electrons. The minimum atomic E-state index is 0.896. The number of nitrogens with zero attached hydrogens (tertiary/aromatic N) is 2. The van der Waals surface area contributed by atoms with Crippen molar-refractivity contribution >= 4 is 11.0 Å². The van der Waals surface area contributed by atoms with Crippen molar-refractivity contribution in [3.63, 3.8) is 0 Å². The number of rotatable bonds is 1. The Morgan fingerprint density at radius 1 is 1.00 bits per heavy atom. The Labute approximate surface area is 104 Å². The Kier molecular flexibility index (Phi) is 1.98. The third kappa shape index (κ3) is 1.29. The molecule has 1 aliphatic rings. The van der Waals surface area contributed by atoms with Crippen molar-refractivity contribution in [2.75, 3.05) is 0 Å². The molecule has 0 spiro atoms. The van der Waals surface area contributed by atoms with E-state index in [0.717, 1.165) is 35.4 Å². The lowest BCUT2D eigenvalue weighted by Gasteiger charge is -2.07. The molecule has 0 bridgehead atoms. The molecule has 4 rings (SSSR count). The zero-order chi connectivity index (χ0) is 11.9. The average molecular weight is 236 g/mol. The molecule has 18 heavy (non-hydrogen) atoms. The van der Waals surface area contributed by atoms with Crippen LogP contribution in [0.3, 0.4) is 0 Å². The van der Waals surface area contributed by atoms with Crippen molar-refractivity contribution in [3.05, 3.63) is 47.9 Å². The molecule has 0 atom stereocenters. The molecule has 0 amide bonds. The van der Waals surface area contributed by atoms with Gasteiger partial charge in [-0.25, -0.2) is 4.98 Å². The van der Waals surface area contributed by atoms with E-state index >= 15 is 0 Å². The van der Waals surface area contributed by atoms with Gasteiger partial charge in [-0.15, -0.1) is 0 Å². The summed E-state index contributed by atoms with van der Waals surface area (Å²) >= 11 is 0. The van der Waals surface area contributed by atoms with Crippen LogP contribution in [0.5, 0.6) is 0 Å². The standard InChI is InChI=1S/C14H12N4/c1-4-16-13(12-8-15-7-9(1)12)10-2-5-17-14-11(10)3-6-18-14/h1-6,15H,7-8H2,(H,17,18). The molecule has 0 aliphatic carbocycles. The van der Waals surface area contributed by atoms with Crippen molar-refractivity contribution in [2.24, 2.45) is 0 Å². The molecular formula is C14H12N4. The summed E-state index contributed by atoms with van der Waals surface area (Å²) in [5.74, 6) is 0. The van der Waals surface area contributed by atoms with E-state index in [-0.39, 0.29) is 0 Å². The highest BCUT2D eigenvalue weighted by atomic mass is 14.9. The topological polar surface area (TPSA) is 53.6 Å². The second kappa shape index (κ2) is 3.65. The second-order valence-corrected chi connectivity index (χ2v) is 4.50. The van der Waals surface area contributed by atoms with Gasteiger partial charge in [0.15, 0.2) is 0 Å². The minimum Gasteiger partial charge on any atom is -0.346 e. The number of fused-ring (bicyclic) bond motifs is 2. The highest BCUT2D eigenvalue weighted by Crippen LogP contribution is 2.31. The Bertz CT molecular complexity index is 729. The van der Waals surface area contributed by atoms with Gasteiger partial charge in [-0.2, -0.15) is 0 Å². The fraction of sp³-hybridized carbons (Fsp3) is 0.143. The van der Waals surface area contributed by atoms with Crippen LogP contribution in [0.1, 0.15) is 11.1 Å². The van der Waals surface area contributed by atoms with E-state index in [9.17, 15) is 0 Å². The molecule has 1 aliphatic heterocycles. The van der Waals surface area contributed by atoms with Crippen LogP contribution in [-0.2, 0) is 13.1 Å². The van der Waals surface area contributed by atoms with Crippen LogP contribution in [0.15, 0.2) is 36.8 Å². The van der Waals surface area contributed by atoms with Gasteiger partial charge < -0.3 is 10.3 Å². The predicted octanol–water partition coefficient (Wildman–Crippen LogP) is 2.23. The first-order valence-electron chi connectivity index (χ1n) is 6.03. The van der Waals surface area contributed by atoms with Gasteiger partial charge >= 0.3 is 0 Å². The summed E-state index contributed by atoms with van der Waals surface area (Å²) in [6.45, 7) is 1.83. The number of H-pyrrole nitrogens is 1. The van der Waals surface area contributed by atoms with E-state index in [4.69, 9.17) is 0 Å². The van der Waals surface area contributed by atoms with E-state index in [1.165, 1.54) is 11.1 Å². The first-order chi connectivity index (χ1) is 8.93. The SMILES string of the molecule is c1cc2c(c(-c3ccnc4[nH]ccc34)n1)CNC2. The van der Waals surface area contributed by atoms with Crippen LogP contribution in [0, 0.1) is 0 Å². The lowest BCUT2D eigenvalue weighted by Crippen LogP contribution is -2.00. The van der Waals surface area contributed by atoms with Gasteiger partial charge in [0.1, 0.15) is 5.65 Å². The van der Waals surface area contributed by atoms with Gasteiger partial charge in [0.05, 0.1) is 5.69 Å². The fourth-order valence-corrected chi connectivity index (χ4v) is 2.62. The maximum atomic E-state index is 4.57. The average Bonchev–Trinajstić information content (AvgIpc) is 3.06. The van der Waals surface area contributed by atoms with Crippen molar-refractivity contribution in [1.82, 2.24) is 20.3 Å². The first-order valence-corrected chi connectivity index (χ1v) is 6.03. The lowest BCUT2D eigenvalue weighted by molar-refractivity contribution is 0.765. The van der Waals surface area contributed by atoms with E-state index in [1.807, 2.05) is 24.7 Å². The summed E-state index contributed by atoms with van der Waals surface area (Å²) in [6, 6.07) is 6.19. The smallest absolute Gasteiger partial charge is 0.137 e. The van der Waals surface area contributed by atoms with E-state index in [2.05, 4.69) is 32.4 Å². The van der Waals surface area contributed by atoms with Crippen LogP contribution in [0.4, 0.5) is 0 Å². The molecule has 0 fully saturated rings. The fourth-order valence-electron chi connectivity index (χ4n) is 2.62. The van der Waals surface area contributed by atoms with Crippen molar-refractivity contribution in [1.29, 1.82) is 0 Å². The monoisotopic (exact) mass is 236 g/mol. The van der Waals surface area contributed by atoms with Crippen LogP contribution < -0.4 is 5.32 Å². The van der Waals surface area contributed by atoms with Gasteiger partial charge in [-0.1, -0.05) is 0 Å². The summed E-state index contributed by atoms with van der Waals surface area (Å²) < 4.78 is 0. The zero-order valence-corrected chi connectivity index (χ0v) is 9.77. The summed E-state index contributed by atoms with van der Waals surface area (Å²) in [5.41, 5.74) is 5.80. The molecule has 4 heteroatoms. The highest BCUT2D eigenvalue weighted by Gasteiger charge is 2.17. The molecule has 0 unspecified atom stereocenters. The molecule has 3 aromatic heterocycles. The summed E-state index contributed by atoms with van der Waals surface area (Å²) in [6.07, 6.45) is 5.64. The van der Waals surface area contributed by atoms with Gasteiger partial charge in [-0.05, 0) is 29.3 Å². The molecule has 0 saturated heterocycles. The number of hydrogen-bond donors (Lipinski definition) is 2. The quantitative estimate of drug-likeness (QED) is 0.681. The second-order valence-electron chi connectivity index (χ2n) is 4.50. The van der Waals surface area contributed by atoms with Crippen molar-refractivity contribution < 1.29 is 0 Å². The van der Waals surface area contributed by atoms with E-state index in [1.54, 1.807) is 0 Å². The number of aromatic amines is 1. The molecule has 0 radical (unpaired) electrons. The minimum absolute atomic E-state index is 0.896. The lowest BCUT2D eigenvalue weighted by atomic mass is 10.0.